The van der Waals surface area contributed by atoms with Crippen LogP contribution in [0.1, 0.15) is 29.3 Å². The van der Waals surface area contributed by atoms with Crippen molar-refractivity contribution in [3.63, 3.8) is 0 Å². The molecule has 21 heavy (non-hydrogen) atoms. The highest BCUT2D eigenvalue weighted by Crippen LogP contribution is 2.43. The zero-order valence-corrected chi connectivity index (χ0v) is 12.7. The Balaban J connectivity index is 2.26. The molecule has 0 saturated carbocycles. The van der Waals surface area contributed by atoms with Gasteiger partial charge in [-0.3, -0.25) is 0 Å². The van der Waals surface area contributed by atoms with E-state index < -0.39 is 5.97 Å². The molecule has 8 nitrogen and oxygen atoms in total. The first-order chi connectivity index (χ1) is 10.0. The first-order valence-corrected chi connectivity index (χ1v) is 7.01. The van der Waals surface area contributed by atoms with Crippen LogP contribution in [0.2, 0.25) is 0 Å². The Bertz CT molecular complexity index is 609. The van der Waals surface area contributed by atoms with E-state index in [0.29, 0.717) is 28.0 Å². The minimum atomic E-state index is -0.501. The van der Waals surface area contributed by atoms with Crippen LogP contribution in [0.4, 0.5) is 10.7 Å². The molecule has 9 heteroatoms. The van der Waals surface area contributed by atoms with Crippen molar-refractivity contribution in [2.45, 2.75) is 26.5 Å². The summed E-state index contributed by atoms with van der Waals surface area (Å²) in [6, 6.07) is 0. The number of nitrogens with two attached hydrogens (primary N) is 1. The molecule has 2 heterocycles. The molecule has 0 aliphatic rings. The van der Waals surface area contributed by atoms with Crippen molar-refractivity contribution in [2.24, 2.45) is 0 Å². The third-order valence-corrected chi connectivity index (χ3v) is 3.56. The quantitative estimate of drug-likeness (QED) is 0.778. The summed E-state index contributed by atoms with van der Waals surface area (Å²) < 4.78 is 15.0. The number of carbonyl (C=O) groups excluding carboxylic acids is 1. The van der Waals surface area contributed by atoms with Gasteiger partial charge in [-0.05, 0) is 13.8 Å². The summed E-state index contributed by atoms with van der Waals surface area (Å²) in [4.78, 5) is 15.9. The fourth-order valence-electron chi connectivity index (χ4n) is 1.57. The number of nitrogens with zero attached hydrogens (tertiary/aromatic N) is 2. The highest BCUT2D eigenvalue weighted by atomic mass is 32.1. The molecule has 0 spiro atoms. The van der Waals surface area contributed by atoms with Crippen molar-refractivity contribution < 1.29 is 18.8 Å². The number of anilines is 2. The van der Waals surface area contributed by atoms with E-state index in [1.54, 1.807) is 0 Å². The Kier molecular flexibility index (Phi) is 4.63. The molecule has 0 aliphatic heterocycles. The normalized spacial score (nSPS) is 10.7. The topological polar surface area (TPSA) is 112 Å². The maximum atomic E-state index is 11.7. The number of nitrogen functional groups attached to an aromatic ring is 1. The van der Waals surface area contributed by atoms with Gasteiger partial charge in [0.2, 0.25) is 6.39 Å². The van der Waals surface area contributed by atoms with Gasteiger partial charge >= 0.3 is 5.97 Å². The Morgan fingerprint density at radius 3 is 2.90 bits per heavy atom. The summed E-state index contributed by atoms with van der Waals surface area (Å²) in [7, 11) is 1.30. The molecule has 114 valence electrons. The van der Waals surface area contributed by atoms with Crippen molar-refractivity contribution in [3.8, 4) is 5.75 Å². The van der Waals surface area contributed by atoms with Gasteiger partial charge < -0.3 is 25.0 Å². The van der Waals surface area contributed by atoms with Crippen molar-refractivity contribution in [2.75, 3.05) is 18.2 Å². The number of rotatable bonds is 6. The summed E-state index contributed by atoms with van der Waals surface area (Å²) in [5.41, 5.74) is 6.23. The largest absolute Gasteiger partial charge is 0.486 e. The number of aromatic nitrogens is 2. The van der Waals surface area contributed by atoms with E-state index in [-0.39, 0.29) is 11.8 Å². The molecule has 0 atom stereocenters. The number of hydrogen-bond donors (Lipinski definition) is 2. The van der Waals surface area contributed by atoms with Crippen LogP contribution in [0, 0.1) is 0 Å². The zero-order chi connectivity index (χ0) is 15.4. The Labute approximate surface area is 125 Å². The van der Waals surface area contributed by atoms with E-state index in [1.165, 1.54) is 13.5 Å². The van der Waals surface area contributed by atoms with Gasteiger partial charge in [0, 0.05) is 0 Å². The zero-order valence-electron chi connectivity index (χ0n) is 11.9. The summed E-state index contributed by atoms with van der Waals surface area (Å²) in [6.07, 6.45) is 1.16. The monoisotopic (exact) mass is 312 g/mol. The van der Waals surface area contributed by atoms with Crippen LogP contribution < -0.4 is 15.8 Å². The fraction of sp³-hybridized carbons (Fsp3) is 0.417. The second-order valence-electron chi connectivity index (χ2n) is 4.36. The lowest BCUT2D eigenvalue weighted by Crippen LogP contribution is -2.09. The molecule has 0 aliphatic carbocycles. The lowest BCUT2D eigenvalue weighted by molar-refractivity contribution is 0.0607. The van der Waals surface area contributed by atoms with Gasteiger partial charge in [-0.1, -0.05) is 5.16 Å². The minimum absolute atomic E-state index is 0.0851. The maximum absolute atomic E-state index is 11.7. The third-order valence-electron chi connectivity index (χ3n) is 2.44. The molecule has 0 bridgehead atoms. The molecule has 2 aromatic rings. The van der Waals surface area contributed by atoms with E-state index in [0.717, 1.165) is 11.3 Å². The summed E-state index contributed by atoms with van der Waals surface area (Å²) in [5, 5.41) is 7.39. The molecule has 2 rings (SSSR count). The fourth-order valence-corrected chi connectivity index (χ4v) is 2.54. The first kappa shape index (κ1) is 15.1. The molecule has 2 aromatic heterocycles. The van der Waals surface area contributed by atoms with Gasteiger partial charge in [-0.25, -0.2) is 4.79 Å². The minimum Gasteiger partial charge on any atom is -0.486 e. The summed E-state index contributed by atoms with van der Waals surface area (Å²) >= 11 is 1.16. The smallest absolute Gasteiger partial charge is 0.350 e. The molecule has 0 unspecified atom stereocenters. The van der Waals surface area contributed by atoms with Crippen LogP contribution in [0.5, 0.6) is 5.75 Å². The van der Waals surface area contributed by atoms with Gasteiger partial charge in [0.1, 0.15) is 15.6 Å². The van der Waals surface area contributed by atoms with Gasteiger partial charge in [0.15, 0.2) is 11.6 Å². The van der Waals surface area contributed by atoms with Crippen molar-refractivity contribution in [1.82, 2.24) is 10.1 Å². The van der Waals surface area contributed by atoms with Crippen LogP contribution in [-0.4, -0.2) is 29.3 Å². The highest BCUT2D eigenvalue weighted by molar-refractivity contribution is 7.19. The van der Waals surface area contributed by atoms with Crippen LogP contribution in [0.15, 0.2) is 10.9 Å². The summed E-state index contributed by atoms with van der Waals surface area (Å²) in [6.45, 7) is 4.07. The average molecular weight is 312 g/mol. The molecule has 0 radical (unpaired) electrons. The Hall–Kier alpha value is -2.29. The molecular formula is C12H16N4O4S. The molecule has 3 N–H and O–H groups in total. The van der Waals surface area contributed by atoms with E-state index in [9.17, 15) is 4.79 Å². The number of esters is 1. The van der Waals surface area contributed by atoms with Crippen molar-refractivity contribution in [1.29, 1.82) is 0 Å². The van der Waals surface area contributed by atoms with Crippen LogP contribution >= 0.6 is 11.3 Å². The van der Waals surface area contributed by atoms with Crippen LogP contribution in [-0.2, 0) is 11.3 Å². The molecule has 0 fully saturated rings. The second kappa shape index (κ2) is 6.44. The van der Waals surface area contributed by atoms with E-state index >= 15 is 0 Å². The maximum Gasteiger partial charge on any atom is 0.350 e. The third kappa shape index (κ3) is 3.43. The Morgan fingerprint density at radius 1 is 1.57 bits per heavy atom. The van der Waals surface area contributed by atoms with Gasteiger partial charge in [0.05, 0.1) is 19.8 Å². The van der Waals surface area contributed by atoms with E-state index in [2.05, 4.69) is 20.0 Å². The number of methoxy groups -OCH3 is 1. The number of hydrogen-bond acceptors (Lipinski definition) is 9. The lowest BCUT2D eigenvalue weighted by atomic mass is 10.3. The summed E-state index contributed by atoms with van der Waals surface area (Å²) in [5.74, 6) is 0.412. The highest BCUT2D eigenvalue weighted by Gasteiger charge is 2.23. The first-order valence-electron chi connectivity index (χ1n) is 6.19. The number of ether oxygens (including phenoxy) is 2. The predicted octanol–water partition coefficient (Wildman–Crippen LogP) is 1.90. The molecule has 0 aromatic carbocycles. The average Bonchev–Trinajstić information content (AvgIpc) is 3.06. The predicted molar refractivity (Wildman–Crippen MR) is 77.5 cm³/mol. The van der Waals surface area contributed by atoms with Gasteiger partial charge in [-0.2, -0.15) is 4.98 Å². The van der Waals surface area contributed by atoms with Crippen LogP contribution in [0.3, 0.4) is 0 Å². The number of thiophene rings is 1. The molecule has 0 amide bonds. The SMILES string of the molecule is COC(=O)c1sc(NCc2ncon2)c(OC(C)C)c1N. The van der Waals surface area contributed by atoms with Crippen LogP contribution in [0.25, 0.3) is 0 Å². The van der Waals surface area contributed by atoms with Crippen molar-refractivity contribution in [3.05, 3.63) is 17.1 Å². The van der Waals surface area contributed by atoms with E-state index in [4.69, 9.17) is 15.2 Å². The van der Waals surface area contributed by atoms with E-state index in [1.807, 2.05) is 13.8 Å². The molecule has 0 saturated heterocycles. The number of carbonyl (C=O) groups is 1. The van der Waals surface area contributed by atoms with Gasteiger partial charge in [-0.15, -0.1) is 11.3 Å². The molecular weight excluding hydrogens is 296 g/mol. The lowest BCUT2D eigenvalue weighted by Gasteiger charge is -2.12. The standard InChI is InChI=1S/C12H16N4O4S/c1-6(2)20-9-8(13)10(12(17)18-3)21-11(9)14-4-7-15-5-19-16-7/h5-6,14H,4,13H2,1-3H3. The number of nitrogens with one attached hydrogen (secondary N) is 1. The van der Waals surface area contributed by atoms with Gasteiger partial charge in [0.25, 0.3) is 0 Å². The Morgan fingerprint density at radius 2 is 2.33 bits per heavy atom. The van der Waals surface area contributed by atoms with Crippen molar-refractivity contribution >= 4 is 28.0 Å². The second-order valence-corrected chi connectivity index (χ2v) is 5.38.